The maximum absolute atomic E-state index is 11.2. The minimum atomic E-state index is -3.75. The van der Waals surface area contributed by atoms with E-state index in [-0.39, 0.29) is 10.6 Å². The summed E-state index contributed by atoms with van der Waals surface area (Å²) in [5, 5.41) is 8.21. The molecule has 0 heterocycles. The highest BCUT2D eigenvalue weighted by molar-refractivity contribution is 7.89. The zero-order valence-electron chi connectivity index (χ0n) is 10.7. The van der Waals surface area contributed by atoms with Crippen molar-refractivity contribution < 1.29 is 8.42 Å². The molecule has 5 N–H and O–H groups in total. The van der Waals surface area contributed by atoms with Crippen molar-refractivity contribution in [3.05, 3.63) is 18.2 Å². The van der Waals surface area contributed by atoms with Crippen LogP contribution in [0.2, 0.25) is 0 Å². The Morgan fingerprint density at radius 1 is 1.33 bits per heavy atom. The number of hydrogen-bond acceptors (Lipinski definition) is 5. The summed E-state index contributed by atoms with van der Waals surface area (Å²) in [7, 11) is 0.279. The zero-order chi connectivity index (χ0) is 13.8. The summed E-state index contributed by atoms with van der Waals surface area (Å²) in [4.78, 5) is 2.06. The molecule has 0 radical (unpaired) electrons. The summed E-state index contributed by atoms with van der Waals surface area (Å²) in [6, 6.07) is 4.65. The molecular weight excluding hydrogens is 252 g/mol. The molecule has 0 aromatic heterocycles. The third kappa shape index (κ3) is 4.52. The topological polar surface area (TPSA) is 101 Å². The number of primary sulfonamides is 1. The Labute approximate surface area is 108 Å². The summed E-state index contributed by atoms with van der Waals surface area (Å²) in [5.74, 6) is 0. The molecule has 18 heavy (non-hydrogen) atoms. The Balaban J connectivity index is 2.63. The SMILES string of the molecule is CN(C)CCCNc1ccc(S(N)(=O)=O)c(N)c1. The average molecular weight is 272 g/mol. The van der Waals surface area contributed by atoms with Gasteiger partial charge in [-0.15, -0.1) is 0 Å². The molecule has 0 aliphatic heterocycles. The highest BCUT2D eigenvalue weighted by atomic mass is 32.2. The van der Waals surface area contributed by atoms with Crippen LogP contribution in [0.4, 0.5) is 11.4 Å². The zero-order valence-corrected chi connectivity index (χ0v) is 11.5. The summed E-state index contributed by atoms with van der Waals surface area (Å²) in [5.41, 5.74) is 6.61. The van der Waals surface area contributed by atoms with Crippen LogP contribution in [-0.2, 0) is 10.0 Å². The van der Waals surface area contributed by atoms with Gasteiger partial charge in [0.15, 0.2) is 0 Å². The molecule has 0 saturated carbocycles. The first-order valence-electron chi connectivity index (χ1n) is 5.61. The maximum atomic E-state index is 11.2. The minimum absolute atomic E-state index is 0.0404. The number of nitrogens with zero attached hydrogens (tertiary/aromatic N) is 1. The van der Waals surface area contributed by atoms with Crippen molar-refractivity contribution in [2.24, 2.45) is 5.14 Å². The van der Waals surface area contributed by atoms with E-state index in [4.69, 9.17) is 10.9 Å². The van der Waals surface area contributed by atoms with Crippen LogP contribution in [0.25, 0.3) is 0 Å². The summed E-state index contributed by atoms with van der Waals surface area (Å²) >= 11 is 0. The van der Waals surface area contributed by atoms with Gasteiger partial charge in [0.1, 0.15) is 4.90 Å². The number of nitrogens with one attached hydrogen (secondary N) is 1. The van der Waals surface area contributed by atoms with E-state index in [0.29, 0.717) is 0 Å². The molecule has 0 amide bonds. The molecule has 0 saturated heterocycles. The minimum Gasteiger partial charge on any atom is -0.398 e. The summed E-state index contributed by atoms with van der Waals surface area (Å²) in [6.07, 6.45) is 0.990. The van der Waals surface area contributed by atoms with Crippen LogP contribution in [0.15, 0.2) is 23.1 Å². The lowest BCUT2D eigenvalue weighted by Gasteiger charge is -2.11. The standard InChI is InChI=1S/C11H20N4O2S/c1-15(2)7-3-6-14-9-4-5-11(10(12)8-9)18(13,16)17/h4-5,8,14H,3,6-7,12H2,1-2H3,(H2,13,16,17). The van der Waals surface area contributed by atoms with Gasteiger partial charge in [-0.25, -0.2) is 13.6 Å². The van der Waals surface area contributed by atoms with Gasteiger partial charge in [0.05, 0.1) is 5.69 Å². The second kappa shape index (κ2) is 6.03. The van der Waals surface area contributed by atoms with E-state index >= 15 is 0 Å². The molecule has 0 bridgehead atoms. The van der Waals surface area contributed by atoms with Gasteiger partial charge in [-0.05, 0) is 45.3 Å². The molecule has 0 unspecified atom stereocenters. The van der Waals surface area contributed by atoms with Gasteiger partial charge in [0.2, 0.25) is 10.0 Å². The van der Waals surface area contributed by atoms with Crippen LogP contribution in [0.3, 0.4) is 0 Å². The van der Waals surface area contributed by atoms with Crippen molar-refractivity contribution >= 4 is 21.4 Å². The third-order valence-corrected chi connectivity index (χ3v) is 3.41. The van der Waals surface area contributed by atoms with Crippen molar-refractivity contribution in [1.29, 1.82) is 0 Å². The monoisotopic (exact) mass is 272 g/mol. The first-order valence-corrected chi connectivity index (χ1v) is 7.16. The number of anilines is 2. The lowest BCUT2D eigenvalue weighted by atomic mass is 10.2. The molecular formula is C11H20N4O2S. The van der Waals surface area contributed by atoms with Crippen molar-refractivity contribution in [1.82, 2.24) is 4.90 Å². The van der Waals surface area contributed by atoms with Crippen LogP contribution in [0.1, 0.15) is 6.42 Å². The molecule has 0 fully saturated rings. The Morgan fingerprint density at radius 2 is 2.00 bits per heavy atom. The van der Waals surface area contributed by atoms with Gasteiger partial charge in [0, 0.05) is 12.2 Å². The van der Waals surface area contributed by atoms with E-state index < -0.39 is 10.0 Å². The fourth-order valence-electron chi connectivity index (χ4n) is 1.55. The molecule has 0 aliphatic rings. The Kier molecular flexibility index (Phi) is 4.94. The molecule has 7 heteroatoms. The quantitative estimate of drug-likeness (QED) is 0.510. The van der Waals surface area contributed by atoms with E-state index in [1.165, 1.54) is 6.07 Å². The van der Waals surface area contributed by atoms with Gasteiger partial charge in [-0.2, -0.15) is 0 Å². The highest BCUT2D eigenvalue weighted by Crippen LogP contribution is 2.21. The van der Waals surface area contributed by atoms with Gasteiger partial charge >= 0.3 is 0 Å². The van der Waals surface area contributed by atoms with Gasteiger partial charge in [-0.3, -0.25) is 0 Å². The lowest BCUT2D eigenvalue weighted by Crippen LogP contribution is -2.17. The first kappa shape index (κ1) is 14.7. The number of nitrogens with two attached hydrogens (primary N) is 2. The Bertz CT molecular complexity index is 500. The van der Waals surface area contributed by atoms with Gasteiger partial charge in [0.25, 0.3) is 0 Å². The number of benzene rings is 1. The molecule has 1 aromatic carbocycles. The lowest BCUT2D eigenvalue weighted by molar-refractivity contribution is 0.405. The summed E-state index contributed by atoms with van der Waals surface area (Å²) < 4.78 is 22.3. The Morgan fingerprint density at radius 3 is 2.50 bits per heavy atom. The average Bonchev–Trinajstić information content (AvgIpc) is 2.22. The van der Waals surface area contributed by atoms with Gasteiger partial charge in [-0.1, -0.05) is 0 Å². The molecule has 6 nitrogen and oxygen atoms in total. The van der Waals surface area contributed by atoms with E-state index in [9.17, 15) is 8.42 Å². The van der Waals surface area contributed by atoms with Gasteiger partial charge < -0.3 is 16.0 Å². The smallest absolute Gasteiger partial charge is 0.240 e. The summed E-state index contributed by atoms with van der Waals surface area (Å²) in [6.45, 7) is 1.78. The van der Waals surface area contributed by atoms with E-state index in [1.54, 1.807) is 12.1 Å². The largest absolute Gasteiger partial charge is 0.398 e. The van der Waals surface area contributed by atoms with E-state index in [0.717, 1.165) is 25.2 Å². The number of sulfonamides is 1. The molecule has 0 aliphatic carbocycles. The Hall–Kier alpha value is -1.31. The van der Waals surface area contributed by atoms with Crippen molar-refractivity contribution in [2.75, 3.05) is 38.2 Å². The molecule has 1 rings (SSSR count). The number of hydrogen-bond donors (Lipinski definition) is 3. The van der Waals surface area contributed by atoms with Crippen LogP contribution < -0.4 is 16.2 Å². The van der Waals surface area contributed by atoms with Crippen LogP contribution >= 0.6 is 0 Å². The normalized spacial score (nSPS) is 11.8. The molecule has 102 valence electrons. The predicted molar refractivity (Wildman–Crippen MR) is 73.9 cm³/mol. The van der Waals surface area contributed by atoms with Crippen molar-refractivity contribution in [2.45, 2.75) is 11.3 Å². The maximum Gasteiger partial charge on any atom is 0.240 e. The first-order chi connectivity index (χ1) is 8.30. The highest BCUT2D eigenvalue weighted by Gasteiger charge is 2.11. The fourth-order valence-corrected chi connectivity index (χ4v) is 2.19. The number of rotatable bonds is 6. The van der Waals surface area contributed by atoms with Crippen LogP contribution in [-0.4, -0.2) is 40.5 Å². The fraction of sp³-hybridized carbons (Fsp3) is 0.455. The van der Waals surface area contributed by atoms with E-state index in [2.05, 4.69) is 10.2 Å². The second-order valence-corrected chi connectivity index (χ2v) is 5.91. The molecule has 1 aromatic rings. The van der Waals surface area contributed by atoms with Crippen LogP contribution in [0.5, 0.6) is 0 Å². The predicted octanol–water partition coefficient (Wildman–Crippen LogP) is 0.280. The van der Waals surface area contributed by atoms with E-state index in [1.807, 2.05) is 14.1 Å². The number of nitrogen functional groups attached to an aromatic ring is 1. The van der Waals surface area contributed by atoms with Crippen LogP contribution in [0, 0.1) is 0 Å². The van der Waals surface area contributed by atoms with Crippen molar-refractivity contribution in [3.63, 3.8) is 0 Å². The second-order valence-electron chi connectivity index (χ2n) is 4.38. The van der Waals surface area contributed by atoms with Crippen molar-refractivity contribution in [3.8, 4) is 0 Å². The molecule has 0 atom stereocenters. The third-order valence-electron chi connectivity index (χ3n) is 2.43. The molecule has 0 spiro atoms.